The van der Waals surface area contributed by atoms with Gasteiger partial charge in [0.2, 0.25) is 0 Å². The van der Waals surface area contributed by atoms with E-state index in [4.69, 9.17) is 4.74 Å². The topological polar surface area (TPSA) is 34.1 Å². The first-order valence-corrected chi connectivity index (χ1v) is 5.50. The van der Waals surface area contributed by atoms with E-state index < -0.39 is 0 Å². The molecule has 0 atom stereocenters. The number of benzene rings is 1. The summed E-state index contributed by atoms with van der Waals surface area (Å²) in [5, 5.41) is 5.97. The second-order valence-electron chi connectivity index (χ2n) is 2.99. The van der Waals surface area contributed by atoms with Crippen molar-refractivity contribution in [2.45, 2.75) is 0 Å². The van der Waals surface area contributed by atoms with Crippen molar-refractivity contribution in [2.75, 3.05) is 19.5 Å². The number of nitrogens with zero attached hydrogens (tertiary/aromatic N) is 1. The first-order chi connectivity index (χ1) is 7.35. The molecule has 1 aromatic heterocycles. The van der Waals surface area contributed by atoms with Gasteiger partial charge in [-0.3, -0.25) is 0 Å². The van der Waals surface area contributed by atoms with Gasteiger partial charge in [0.15, 0.2) is 0 Å². The zero-order valence-electron chi connectivity index (χ0n) is 8.65. The molecule has 0 spiro atoms. The summed E-state index contributed by atoms with van der Waals surface area (Å²) >= 11 is 1.60. The van der Waals surface area contributed by atoms with Crippen LogP contribution in [0.1, 0.15) is 0 Å². The minimum Gasteiger partial charge on any atom is -0.496 e. The van der Waals surface area contributed by atoms with E-state index in [-0.39, 0.29) is 0 Å². The number of methoxy groups -OCH3 is 1. The monoisotopic (exact) mass is 220 g/mol. The third-order valence-corrected chi connectivity index (χ3v) is 2.97. The Morgan fingerprint density at radius 2 is 2.13 bits per heavy atom. The number of hydrogen-bond donors (Lipinski definition) is 1. The highest BCUT2D eigenvalue weighted by atomic mass is 32.1. The fraction of sp³-hybridized carbons (Fsp3) is 0.182. The predicted octanol–water partition coefficient (Wildman–Crippen LogP) is 2.86. The Morgan fingerprint density at radius 1 is 1.33 bits per heavy atom. The van der Waals surface area contributed by atoms with Gasteiger partial charge < -0.3 is 10.1 Å². The smallest absolute Gasteiger partial charge is 0.137 e. The zero-order valence-corrected chi connectivity index (χ0v) is 9.47. The number of nitrogens with one attached hydrogen (secondary N) is 1. The van der Waals surface area contributed by atoms with Crippen molar-refractivity contribution >= 4 is 17.2 Å². The highest BCUT2D eigenvalue weighted by molar-refractivity contribution is 7.13. The van der Waals surface area contributed by atoms with Crippen LogP contribution >= 0.6 is 11.3 Å². The molecule has 0 amide bonds. The predicted molar refractivity (Wildman–Crippen MR) is 63.6 cm³/mol. The normalized spacial score (nSPS) is 10.0. The molecule has 1 aromatic carbocycles. The number of aromatic nitrogens is 1. The number of ether oxygens (including phenoxy) is 1. The summed E-state index contributed by atoms with van der Waals surface area (Å²) in [7, 11) is 3.53. The minimum absolute atomic E-state index is 0.856. The van der Waals surface area contributed by atoms with Gasteiger partial charge in [0.1, 0.15) is 16.6 Å². The molecule has 78 valence electrons. The number of rotatable bonds is 3. The molecular weight excluding hydrogens is 208 g/mol. The van der Waals surface area contributed by atoms with Gasteiger partial charge in [-0.15, -0.1) is 11.3 Å². The molecule has 0 radical (unpaired) electrons. The van der Waals surface area contributed by atoms with Gasteiger partial charge >= 0.3 is 0 Å². The molecule has 3 nitrogen and oxygen atoms in total. The first-order valence-electron chi connectivity index (χ1n) is 4.62. The van der Waals surface area contributed by atoms with E-state index in [1.165, 1.54) is 0 Å². The largest absolute Gasteiger partial charge is 0.496 e. The van der Waals surface area contributed by atoms with Gasteiger partial charge in [-0.05, 0) is 12.1 Å². The van der Waals surface area contributed by atoms with E-state index in [0.717, 1.165) is 22.1 Å². The van der Waals surface area contributed by atoms with Crippen LogP contribution in [0.15, 0.2) is 29.6 Å². The van der Waals surface area contributed by atoms with Crippen molar-refractivity contribution in [3.05, 3.63) is 29.6 Å². The molecule has 0 aliphatic rings. The van der Waals surface area contributed by atoms with Gasteiger partial charge in [-0.1, -0.05) is 12.1 Å². The van der Waals surface area contributed by atoms with Crippen LogP contribution in [0.25, 0.3) is 10.6 Å². The lowest BCUT2D eigenvalue weighted by Crippen LogP contribution is -1.89. The van der Waals surface area contributed by atoms with E-state index in [1.54, 1.807) is 18.4 Å². The molecule has 15 heavy (non-hydrogen) atoms. The summed E-state index contributed by atoms with van der Waals surface area (Å²) in [4.78, 5) is 4.43. The molecule has 0 unspecified atom stereocenters. The lowest BCUT2D eigenvalue weighted by Gasteiger charge is -2.04. The third kappa shape index (κ3) is 1.94. The maximum Gasteiger partial charge on any atom is 0.137 e. The second kappa shape index (κ2) is 4.31. The number of anilines is 1. The van der Waals surface area contributed by atoms with E-state index >= 15 is 0 Å². The van der Waals surface area contributed by atoms with Crippen molar-refractivity contribution in [3.8, 4) is 16.3 Å². The van der Waals surface area contributed by atoms with Crippen molar-refractivity contribution in [3.63, 3.8) is 0 Å². The van der Waals surface area contributed by atoms with Crippen LogP contribution in [0.2, 0.25) is 0 Å². The molecule has 0 bridgehead atoms. The van der Waals surface area contributed by atoms with Crippen molar-refractivity contribution in [1.82, 2.24) is 4.98 Å². The van der Waals surface area contributed by atoms with Gasteiger partial charge in [0.05, 0.1) is 12.7 Å². The maximum atomic E-state index is 5.29. The molecule has 0 fully saturated rings. The summed E-state index contributed by atoms with van der Waals surface area (Å²) < 4.78 is 5.29. The fourth-order valence-corrected chi connectivity index (χ4v) is 2.17. The Labute approximate surface area is 92.7 Å². The summed E-state index contributed by atoms with van der Waals surface area (Å²) in [5.41, 5.74) is 1.03. The summed E-state index contributed by atoms with van der Waals surface area (Å²) in [6.07, 6.45) is 0. The van der Waals surface area contributed by atoms with Crippen molar-refractivity contribution in [1.29, 1.82) is 0 Å². The first kappa shape index (κ1) is 9.98. The van der Waals surface area contributed by atoms with Crippen LogP contribution in [0.4, 0.5) is 5.82 Å². The molecule has 1 heterocycles. The maximum absolute atomic E-state index is 5.29. The Morgan fingerprint density at radius 3 is 2.80 bits per heavy atom. The minimum atomic E-state index is 0.856. The van der Waals surface area contributed by atoms with Gasteiger partial charge in [0.25, 0.3) is 0 Å². The van der Waals surface area contributed by atoms with Crippen molar-refractivity contribution in [2.24, 2.45) is 0 Å². The van der Waals surface area contributed by atoms with Crippen LogP contribution in [0.5, 0.6) is 5.75 Å². The number of hydrogen-bond acceptors (Lipinski definition) is 4. The molecule has 0 aliphatic carbocycles. The highest BCUT2D eigenvalue weighted by Gasteiger charge is 2.08. The van der Waals surface area contributed by atoms with Gasteiger partial charge in [-0.25, -0.2) is 4.98 Å². The second-order valence-corrected chi connectivity index (χ2v) is 3.85. The van der Waals surface area contributed by atoms with Crippen LogP contribution in [-0.2, 0) is 0 Å². The van der Waals surface area contributed by atoms with Crippen LogP contribution < -0.4 is 10.1 Å². The standard InChI is InChI=1S/C11H12N2OS/c1-12-10-7-15-11(13-10)8-5-3-4-6-9(8)14-2/h3-7,12H,1-2H3. The molecule has 0 aliphatic heterocycles. The zero-order chi connectivity index (χ0) is 10.7. The highest BCUT2D eigenvalue weighted by Crippen LogP contribution is 2.32. The molecule has 0 saturated carbocycles. The lowest BCUT2D eigenvalue weighted by molar-refractivity contribution is 0.416. The Kier molecular flexibility index (Phi) is 2.87. The van der Waals surface area contributed by atoms with Gasteiger partial charge in [-0.2, -0.15) is 0 Å². The Bertz CT molecular complexity index is 453. The van der Waals surface area contributed by atoms with Crippen molar-refractivity contribution < 1.29 is 4.74 Å². The number of para-hydroxylation sites is 1. The molecule has 2 aromatic rings. The molecule has 0 saturated heterocycles. The van der Waals surface area contributed by atoms with E-state index in [0.29, 0.717) is 0 Å². The molecule has 1 N–H and O–H groups in total. The summed E-state index contributed by atoms with van der Waals surface area (Å²) in [5.74, 6) is 1.75. The van der Waals surface area contributed by atoms with Gasteiger partial charge in [0, 0.05) is 12.4 Å². The quantitative estimate of drug-likeness (QED) is 0.863. The van der Waals surface area contributed by atoms with Crippen LogP contribution in [-0.4, -0.2) is 19.1 Å². The number of thiazole rings is 1. The SMILES string of the molecule is CNc1csc(-c2ccccc2OC)n1. The fourth-order valence-electron chi connectivity index (χ4n) is 1.33. The molecule has 4 heteroatoms. The summed E-state index contributed by atoms with van der Waals surface area (Å²) in [6.45, 7) is 0. The van der Waals surface area contributed by atoms with E-state index in [1.807, 2.05) is 36.7 Å². The molecular formula is C11H12N2OS. The average Bonchev–Trinajstić information content (AvgIpc) is 2.77. The van der Waals surface area contributed by atoms with E-state index in [2.05, 4.69) is 10.3 Å². The third-order valence-electron chi connectivity index (χ3n) is 2.10. The lowest BCUT2D eigenvalue weighted by atomic mass is 10.2. The average molecular weight is 220 g/mol. The summed E-state index contributed by atoms with van der Waals surface area (Å²) in [6, 6.07) is 7.89. The Hall–Kier alpha value is -1.55. The van der Waals surface area contributed by atoms with E-state index in [9.17, 15) is 0 Å². The van der Waals surface area contributed by atoms with Crippen LogP contribution in [0, 0.1) is 0 Å². The Balaban J connectivity index is 2.44. The molecule has 2 rings (SSSR count). The van der Waals surface area contributed by atoms with Crippen LogP contribution in [0.3, 0.4) is 0 Å².